The highest BCUT2D eigenvalue weighted by Crippen LogP contribution is 2.35. The Bertz CT molecular complexity index is 1760. The molecular weight excluding hydrogens is 528 g/mol. The van der Waals surface area contributed by atoms with Gasteiger partial charge in [0.2, 0.25) is 0 Å². The zero-order valence-electron chi connectivity index (χ0n) is 20.9. The van der Waals surface area contributed by atoms with Gasteiger partial charge in [-0.25, -0.2) is 19.4 Å². The molecule has 0 fully saturated rings. The molecule has 0 spiro atoms. The summed E-state index contributed by atoms with van der Waals surface area (Å²) in [7, 11) is 3.27. The number of aromatic nitrogens is 5. The molecular formula is C26H23ClN6O4S. The molecule has 0 radical (unpaired) electrons. The molecule has 0 bridgehead atoms. The number of ether oxygens (including phenoxy) is 1. The highest BCUT2D eigenvalue weighted by molar-refractivity contribution is 7.19. The normalized spacial score (nSPS) is 12.0. The van der Waals surface area contributed by atoms with Crippen LogP contribution >= 0.6 is 22.9 Å². The van der Waals surface area contributed by atoms with Crippen molar-refractivity contribution in [3.05, 3.63) is 80.4 Å². The molecule has 5 rings (SSSR count). The van der Waals surface area contributed by atoms with Crippen LogP contribution in [0.15, 0.2) is 53.6 Å². The molecule has 4 heterocycles. The molecule has 0 saturated carbocycles. The SMILES string of the molecule is COc1ccccc1-n1cc(-c2nc3c(C(C)Nc4ccc(Cl)nc4C(=O)O)c(C)sc3c(=O)n2C)cn1. The third-order valence-electron chi connectivity index (χ3n) is 6.18. The number of benzene rings is 1. The van der Waals surface area contributed by atoms with E-state index in [1.165, 1.54) is 22.0 Å². The molecule has 1 atom stereocenters. The average Bonchev–Trinajstić information content (AvgIpc) is 3.51. The van der Waals surface area contributed by atoms with Crippen LogP contribution in [-0.2, 0) is 7.05 Å². The minimum absolute atomic E-state index is 0.0845. The van der Waals surface area contributed by atoms with E-state index in [-0.39, 0.29) is 22.4 Å². The van der Waals surface area contributed by atoms with Gasteiger partial charge in [-0.2, -0.15) is 5.10 Å². The summed E-state index contributed by atoms with van der Waals surface area (Å²) in [5.41, 5.74) is 2.71. The summed E-state index contributed by atoms with van der Waals surface area (Å²) in [6, 6.07) is 10.2. The van der Waals surface area contributed by atoms with Crippen LogP contribution in [0.25, 0.3) is 27.3 Å². The lowest BCUT2D eigenvalue weighted by atomic mass is 10.1. The number of methoxy groups -OCH3 is 1. The maximum absolute atomic E-state index is 13.4. The quantitative estimate of drug-likeness (QED) is 0.269. The number of para-hydroxylation sites is 2. The molecule has 10 nitrogen and oxygen atoms in total. The predicted molar refractivity (Wildman–Crippen MR) is 147 cm³/mol. The summed E-state index contributed by atoms with van der Waals surface area (Å²) in [6.45, 7) is 3.80. The predicted octanol–water partition coefficient (Wildman–Crippen LogP) is 5.08. The average molecular weight is 551 g/mol. The number of carboxylic acid groups (broad SMARTS) is 1. The fourth-order valence-corrected chi connectivity index (χ4v) is 5.72. The third kappa shape index (κ3) is 4.39. The van der Waals surface area contributed by atoms with Crippen LogP contribution in [0.4, 0.5) is 5.69 Å². The van der Waals surface area contributed by atoms with Crippen molar-refractivity contribution < 1.29 is 14.6 Å². The minimum atomic E-state index is -1.20. The molecule has 1 aromatic carbocycles. The summed E-state index contributed by atoms with van der Waals surface area (Å²) in [4.78, 5) is 34.8. The zero-order valence-corrected chi connectivity index (χ0v) is 22.5. The van der Waals surface area contributed by atoms with Crippen molar-refractivity contribution in [1.29, 1.82) is 0 Å². The molecule has 12 heteroatoms. The van der Waals surface area contributed by atoms with Gasteiger partial charge in [0, 0.05) is 23.7 Å². The topological polar surface area (TPSA) is 124 Å². The smallest absolute Gasteiger partial charge is 0.356 e. The number of aryl methyl sites for hydroxylation is 1. The summed E-state index contributed by atoms with van der Waals surface area (Å²) < 4.78 is 9.15. The van der Waals surface area contributed by atoms with Crippen LogP contribution in [0.1, 0.15) is 33.9 Å². The molecule has 194 valence electrons. The van der Waals surface area contributed by atoms with Gasteiger partial charge in [0.1, 0.15) is 27.1 Å². The van der Waals surface area contributed by atoms with Crippen molar-refractivity contribution in [2.45, 2.75) is 19.9 Å². The van der Waals surface area contributed by atoms with Gasteiger partial charge in [0.15, 0.2) is 5.69 Å². The lowest BCUT2D eigenvalue weighted by Crippen LogP contribution is -2.20. The molecule has 0 aliphatic heterocycles. The Labute approximate surface area is 226 Å². The number of hydrogen-bond donors (Lipinski definition) is 2. The largest absolute Gasteiger partial charge is 0.494 e. The van der Waals surface area contributed by atoms with Crippen molar-refractivity contribution in [2.75, 3.05) is 12.4 Å². The molecule has 2 N–H and O–H groups in total. The Balaban J connectivity index is 1.60. The van der Waals surface area contributed by atoms with Crippen molar-refractivity contribution in [3.63, 3.8) is 0 Å². The van der Waals surface area contributed by atoms with Gasteiger partial charge in [-0.3, -0.25) is 9.36 Å². The van der Waals surface area contributed by atoms with Crippen LogP contribution in [0.3, 0.4) is 0 Å². The van der Waals surface area contributed by atoms with Crippen LogP contribution in [0.5, 0.6) is 5.75 Å². The highest BCUT2D eigenvalue weighted by Gasteiger charge is 2.24. The summed E-state index contributed by atoms with van der Waals surface area (Å²) in [5, 5.41) is 17.3. The minimum Gasteiger partial charge on any atom is -0.494 e. The first-order valence-corrected chi connectivity index (χ1v) is 12.7. The third-order valence-corrected chi connectivity index (χ3v) is 7.49. The molecule has 0 aliphatic rings. The van der Waals surface area contributed by atoms with Gasteiger partial charge >= 0.3 is 5.97 Å². The number of hydrogen-bond acceptors (Lipinski definition) is 8. The van der Waals surface area contributed by atoms with Crippen molar-refractivity contribution >= 4 is 44.8 Å². The van der Waals surface area contributed by atoms with Gasteiger partial charge < -0.3 is 15.2 Å². The standard InChI is InChI=1S/C26H23ClN6O4S/c1-13(29-16-9-10-19(27)30-21(16)26(35)36)20-14(2)38-23-22(20)31-24(32(3)25(23)34)15-11-28-33(12-15)17-7-5-6-8-18(17)37-4/h5-13,29H,1-4H3,(H,35,36). The number of fused-ring (bicyclic) bond motifs is 1. The summed E-state index contributed by atoms with van der Waals surface area (Å²) in [6.07, 6.45) is 3.45. The van der Waals surface area contributed by atoms with E-state index in [0.717, 1.165) is 16.1 Å². The van der Waals surface area contributed by atoms with Crippen LogP contribution in [0, 0.1) is 6.92 Å². The Hall–Kier alpha value is -4.22. The Morgan fingerprint density at radius 2 is 1.97 bits per heavy atom. The Morgan fingerprint density at radius 3 is 2.71 bits per heavy atom. The van der Waals surface area contributed by atoms with Crippen LogP contribution < -0.4 is 15.6 Å². The number of rotatable bonds is 7. The molecule has 38 heavy (non-hydrogen) atoms. The molecule has 5 aromatic rings. The van der Waals surface area contributed by atoms with Gasteiger partial charge in [-0.05, 0) is 38.1 Å². The van der Waals surface area contributed by atoms with Crippen LogP contribution in [-0.4, -0.2) is 42.5 Å². The van der Waals surface area contributed by atoms with Crippen molar-refractivity contribution in [3.8, 4) is 22.8 Å². The number of carboxylic acids is 1. The van der Waals surface area contributed by atoms with Gasteiger partial charge in [-0.1, -0.05) is 23.7 Å². The Morgan fingerprint density at radius 1 is 1.21 bits per heavy atom. The number of carbonyl (C=O) groups is 1. The van der Waals surface area contributed by atoms with E-state index in [2.05, 4.69) is 15.4 Å². The van der Waals surface area contributed by atoms with E-state index in [1.54, 1.807) is 37.3 Å². The number of anilines is 1. The number of nitrogens with one attached hydrogen (secondary N) is 1. The lowest BCUT2D eigenvalue weighted by molar-refractivity contribution is 0.0691. The lowest BCUT2D eigenvalue weighted by Gasteiger charge is -2.17. The Kier molecular flexibility index (Phi) is 6.64. The first-order valence-electron chi connectivity index (χ1n) is 11.5. The van der Waals surface area contributed by atoms with E-state index in [4.69, 9.17) is 21.3 Å². The fourth-order valence-electron chi connectivity index (χ4n) is 4.41. The maximum Gasteiger partial charge on any atom is 0.356 e. The highest BCUT2D eigenvalue weighted by atomic mass is 35.5. The fraction of sp³-hybridized carbons (Fsp3) is 0.192. The van der Waals surface area contributed by atoms with E-state index in [9.17, 15) is 14.7 Å². The summed E-state index contributed by atoms with van der Waals surface area (Å²) >= 11 is 7.26. The second-order valence-corrected chi connectivity index (χ2v) is 10.2. The monoisotopic (exact) mass is 550 g/mol. The number of thiophene rings is 1. The van der Waals surface area contributed by atoms with Crippen molar-refractivity contribution in [2.24, 2.45) is 7.05 Å². The zero-order chi connectivity index (χ0) is 27.1. The molecule has 0 amide bonds. The van der Waals surface area contributed by atoms with Gasteiger partial charge in [0.25, 0.3) is 5.56 Å². The van der Waals surface area contributed by atoms with Gasteiger partial charge in [-0.15, -0.1) is 11.3 Å². The second-order valence-electron chi connectivity index (χ2n) is 8.60. The number of pyridine rings is 1. The van der Waals surface area contributed by atoms with Crippen LogP contribution in [0.2, 0.25) is 5.15 Å². The first-order chi connectivity index (χ1) is 18.2. The van der Waals surface area contributed by atoms with E-state index < -0.39 is 5.97 Å². The number of nitrogens with zero attached hydrogens (tertiary/aromatic N) is 5. The van der Waals surface area contributed by atoms with E-state index in [0.29, 0.717) is 33.0 Å². The molecule has 0 aliphatic carbocycles. The molecule has 4 aromatic heterocycles. The van der Waals surface area contributed by atoms with E-state index >= 15 is 0 Å². The molecule has 1 unspecified atom stereocenters. The second kappa shape index (κ2) is 9.92. The van der Waals surface area contributed by atoms with E-state index in [1.807, 2.05) is 38.1 Å². The number of aromatic carboxylic acids is 1. The number of halogens is 1. The van der Waals surface area contributed by atoms with Gasteiger partial charge in [0.05, 0.1) is 36.1 Å². The maximum atomic E-state index is 13.4. The van der Waals surface area contributed by atoms with Crippen molar-refractivity contribution in [1.82, 2.24) is 24.3 Å². The summed E-state index contributed by atoms with van der Waals surface area (Å²) in [5.74, 6) is -0.0859. The molecule has 0 saturated heterocycles. The first kappa shape index (κ1) is 25.4.